The molecule has 1 aromatic heterocycles. The second-order valence-corrected chi connectivity index (χ2v) is 6.96. The molecule has 3 rings (SSSR count). The van der Waals surface area contributed by atoms with Gasteiger partial charge in [0, 0.05) is 18.5 Å². The molecule has 1 atom stereocenters. The van der Waals surface area contributed by atoms with Crippen LogP contribution in [0.3, 0.4) is 0 Å². The maximum atomic E-state index is 13.2. The number of ether oxygens (including phenoxy) is 1. The molecule has 6 nitrogen and oxygen atoms in total. The number of benzene rings is 1. The number of nitrogens with one attached hydrogen (secondary N) is 2. The minimum Gasteiger partial charge on any atom is -0.451 e. The average molecular weight is 408 g/mol. The van der Waals surface area contributed by atoms with Crippen molar-refractivity contribution < 1.29 is 22.3 Å². The van der Waals surface area contributed by atoms with E-state index in [9.17, 15) is 13.2 Å². The van der Waals surface area contributed by atoms with Gasteiger partial charge in [-0.1, -0.05) is 6.92 Å². The molecule has 1 aliphatic rings. The Hall–Kier alpha value is -2.73. The molecule has 2 heterocycles. The first-order valence-electron chi connectivity index (χ1n) is 9.55. The zero-order chi connectivity index (χ0) is 21.0. The number of nitrogens with zero attached hydrogens (tertiary/aromatic N) is 2. The maximum Gasteiger partial charge on any atom is 0.416 e. The van der Waals surface area contributed by atoms with Crippen LogP contribution in [0.2, 0.25) is 0 Å². The van der Waals surface area contributed by atoms with Crippen molar-refractivity contribution in [3.8, 4) is 6.07 Å². The van der Waals surface area contributed by atoms with Crippen LogP contribution in [0, 0.1) is 16.7 Å². The van der Waals surface area contributed by atoms with Crippen molar-refractivity contribution in [1.82, 2.24) is 5.32 Å². The fraction of sp³-hybridized carbons (Fsp3) is 0.500. The molecule has 0 radical (unpaired) electrons. The third kappa shape index (κ3) is 4.65. The summed E-state index contributed by atoms with van der Waals surface area (Å²) < 4.78 is 50.8. The van der Waals surface area contributed by atoms with Gasteiger partial charge in [-0.05, 0) is 37.5 Å². The number of anilines is 1. The zero-order valence-electron chi connectivity index (χ0n) is 16.1. The summed E-state index contributed by atoms with van der Waals surface area (Å²) in [6, 6.07) is 5.48. The highest BCUT2D eigenvalue weighted by atomic mass is 19.4. The number of furan rings is 1. The van der Waals surface area contributed by atoms with Crippen LogP contribution in [-0.2, 0) is 10.9 Å². The SMILES string of the molecule is CCCOC(CC#N)CCCN1CNC(=N)c2oc3ccc(C(F)(F)F)cc3c21. The summed E-state index contributed by atoms with van der Waals surface area (Å²) in [5, 5.41) is 20.2. The zero-order valence-corrected chi connectivity index (χ0v) is 16.1. The van der Waals surface area contributed by atoms with Gasteiger partial charge in [0.25, 0.3) is 0 Å². The third-order valence-electron chi connectivity index (χ3n) is 4.81. The Morgan fingerprint density at radius 2 is 2.21 bits per heavy atom. The Kier molecular flexibility index (Phi) is 6.33. The summed E-state index contributed by atoms with van der Waals surface area (Å²) >= 11 is 0. The lowest BCUT2D eigenvalue weighted by Gasteiger charge is -2.30. The number of hydrogen-bond donors (Lipinski definition) is 2. The fourth-order valence-electron chi connectivity index (χ4n) is 3.41. The molecule has 2 N–H and O–H groups in total. The molecule has 9 heteroatoms. The Balaban J connectivity index is 1.81. The molecule has 29 heavy (non-hydrogen) atoms. The first kappa shape index (κ1) is 21.0. The van der Waals surface area contributed by atoms with E-state index >= 15 is 0 Å². The number of rotatable bonds is 8. The molecule has 1 unspecified atom stereocenters. The fourth-order valence-corrected chi connectivity index (χ4v) is 3.41. The van der Waals surface area contributed by atoms with E-state index in [-0.39, 0.29) is 17.7 Å². The van der Waals surface area contributed by atoms with Crippen molar-refractivity contribution in [2.45, 2.75) is 44.9 Å². The van der Waals surface area contributed by atoms with Gasteiger partial charge in [0.15, 0.2) is 11.6 Å². The molecule has 1 aliphatic heterocycles. The molecule has 0 amide bonds. The summed E-state index contributed by atoms with van der Waals surface area (Å²) in [5.41, 5.74) is 0.0666. The third-order valence-corrected chi connectivity index (χ3v) is 4.81. The monoisotopic (exact) mass is 408 g/mol. The standard InChI is InChI=1S/C20H23F3N4O2/c1-2-10-28-14(7-8-24)4-3-9-27-12-26-19(25)18-17(27)15-11-13(20(21,22)23)5-6-16(15)29-18/h5-6,11,14H,2-4,7,9-10,12H2,1H3,(H2,25,26). The van der Waals surface area contributed by atoms with E-state index in [1.807, 2.05) is 11.8 Å². The second-order valence-electron chi connectivity index (χ2n) is 6.96. The van der Waals surface area contributed by atoms with E-state index in [0.717, 1.165) is 18.6 Å². The van der Waals surface area contributed by atoms with Gasteiger partial charge < -0.3 is 19.4 Å². The topological polar surface area (TPSA) is 85.3 Å². The van der Waals surface area contributed by atoms with E-state index in [4.69, 9.17) is 19.8 Å². The predicted octanol–water partition coefficient (Wildman–Crippen LogP) is 4.63. The molecular formula is C20H23F3N4O2. The molecule has 0 spiro atoms. The van der Waals surface area contributed by atoms with Gasteiger partial charge in [-0.25, -0.2) is 0 Å². The molecule has 1 aromatic carbocycles. The van der Waals surface area contributed by atoms with Crippen LogP contribution in [0.4, 0.5) is 18.9 Å². The summed E-state index contributed by atoms with van der Waals surface area (Å²) in [5.74, 6) is 0.288. The molecule has 0 bridgehead atoms. The van der Waals surface area contributed by atoms with Gasteiger partial charge in [0.2, 0.25) is 0 Å². The van der Waals surface area contributed by atoms with E-state index in [2.05, 4.69) is 11.4 Å². The van der Waals surface area contributed by atoms with Gasteiger partial charge in [-0.3, -0.25) is 5.41 Å². The van der Waals surface area contributed by atoms with Crippen molar-refractivity contribution in [2.24, 2.45) is 0 Å². The number of halogens is 3. The normalized spacial score (nSPS) is 15.1. The molecule has 0 saturated carbocycles. The van der Waals surface area contributed by atoms with E-state index in [0.29, 0.717) is 55.7 Å². The Morgan fingerprint density at radius 3 is 2.90 bits per heavy atom. The highest BCUT2D eigenvalue weighted by molar-refractivity contribution is 6.09. The van der Waals surface area contributed by atoms with E-state index < -0.39 is 11.7 Å². The number of hydrogen-bond acceptors (Lipinski definition) is 5. The number of amidine groups is 1. The molecule has 0 aliphatic carbocycles. The van der Waals surface area contributed by atoms with Gasteiger partial charge >= 0.3 is 6.18 Å². The van der Waals surface area contributed by atoms with Crippen LogP contribution in [0.15, 0.2) is 22.6 Å². The largest absolute Gasteiger partial charge is 0.451 e. The maximum absolute atomic E-state index is 13.2. The molecule has 0 saturated heterocycles. The lowest BCUT2D eigenvalue weighted by molar-refractivity contribution is -0.137. The summed E-state index contributed by atoms with van der Waals surface area (Å²) in [7, 11) is 0. The van der Waals surface area contributed by atoms with Crippen molar-refractivity contribution >= 4 is 22.5 Å². The number of alkyl halides is 3. The first-order valence-corrected chi connectivity index (χ1v) is 9.55. The van der Waals surface area contributed by atoms with Crippen molar-refractivity contribution in [3.05, 3.63) is 29.5 Å². The average Bonchev–Trinajstić information content (AvgIpc) is 3.07. The lowest BCUT2D eigenvalue weighted by atomic mass is 10.1. The van der Waals surface area contributed by atoms with Gasteiger partial charge in [0.1, 0.15) is 5.58 Å². The number of fused-ring (bicyclic) bond motifs is 3. The van der Waals surface area contributed by atoms with Crippen LogP contribution in [0.1, 0.15) is 43.9 Å². The van der Waals surface area contributed by atoms with Crippen LogP contribution >= 0.6 is 0 Å². The molecule has 2 aromatic rings. The molecule has 156 valence electrons. The summed E-state index contributed by atoms with van der Waals surface area (Å²) in [4.78, 5) is 1.88. The van der Waals surface area contributed by atoms with Crippen molar-refractivity contribution in [1.29, 1.82) is 10.7 Å². The molecular weight excluding hydrogens is 385 g/mol. The van der Waals surface area contributed by atoms with Crippen LogP contribution in [0.5, 0.6) is 0 Å². The second kappa shape index (κ2) is 8.74. The lowest BCUT2D eigenvalue weighted by Crippen LogP contribution is -2.43. The highest BCUT2D eigenvalue weighted by Gasteiger charge is 2.33. The smallest absolute Gasteiger partial charge is 0.416 e. The Labute approximate surface area is 166 Å². The minimum atomic E-state index is -4.45. The van der Waals surface area contributed by atoms with Crippen molar-refractivity contribution in [3.63, 3.8) is 0 Å². The minimum absolute atomic E-state index is 0.0506. The van der Waals surface area contributed by atoms with Gasteiger partial charge in [0.05, 0.1) is 36.5 Å². The van der Waals surface area contributed by atoms with Gasteiger partial charge in [-0.15, -0.1) is 0 Å². The highest BCUT2D eigenvalue weighted by Crippen LogP contribution is 2.39. The Morgan fingerprint density at radius 1 is 1.41 bits per heavy atom. The quantitative estimate of drug-likeness (QED) is 0.665. The summed E-state index contributed by atoms with van der Waals surface area (Å²) in [6.07, 6.45) is -2.08. The predicted molar refractivity (Wildman–Crippen MR) is 103 cm³/mol. The van der Waals surface area contributed by atoms with Crippen LogP contribution in [-0.4, -0.2) is 31.8 Å². The first-order chi connectivity index (χ1) is 13.8. The van der Waals surface area contributed by atoms with Crippen LogP contribution in [0.25, 0.3) is 11.0 Å². The van der Waals surface area contributed by atoms with Gasteiger partial charge in [-0.2, -0.15) is 18.4 Å². The molecule has 0 fully saturated rings. The van der Waals surface area contributed by atoms with Crippen LogP contribution < -0.4 is 10.2 Å². The van der Waals surface area contributed by atoms with Crippen molar-refractivity contribution in [2.75, 3.05) is 24.7 Å². The number of nitriles is 1. The Bertz CT molecular complexity index is 917. The van der Waals surface area contributed by atoms with E-state index in [1.165, 1.54) is 6.07 Å². The summed E-state index contributed by atoms with van der Waals surface area (Å²) in [6.45, 7) is 3.43. The van der Waals surface area contributed by atoms with E-state index in [1.54, 1.807) is 0 Å².